The summed E-state index contributed by atoms with van der Waals surface area (Å²) in [5, 5.41) is 16.1. The second-order valence-electron chi connectivity index (χ2n) is 2.99. The Hall–Kier alpha value is -0.610. The SMILES string of the molecule is CCO.N.O=C(O)C1CCCCC1. The summed E-state index contributed by atoms with van der Waals surface area (Å²) in [6.45, 7) is 1.93. The highest BCUT2D eigenvalue weighted by atomic mass is 16.4. The molecule has 1 saturated carbocycles. The lowest BCUT2D eigenvalue weighted by Crippen LogP contribution is -2.16. The van der Waals surface area contributed by atoms with Crippen LogP contribution in [-0.2, 0) is 4.79 Å². The zero-order valence-corrected chi connectivity index (χ0v) is 8.33. The molecule has 0 heterocycles. The maximum absolute atomic E-state index is 10.4. The van der Waals surface area contributed by atoms with Crippen LogP contribution in [0.1, 0.15) is 39.0 Å². The molecule has 80 valence electrons. The molecule has 0 aromatic rings. The molecule has 1 fully saturated rings. The van der Waals surface area contributed by atoms with Crippen molar-refractivity contribution in [2.24, 2.45) is 5.92 Å². The molecular weight excluding hydrogens is 170 g/mol. The van der Waals surface area contributed by atoms with E-state index in [0.29, 0.717) is 0 Å². The first kappa shape index (κ1) is 14.9. The Balaban J connectivity index is 0. The van der Waals surface area contributed by atoms with Crippen LogP contribution in [0.25, 0.3) is 0 Å². The van der Waals surface area contributed by atoms with Crippen LogP contribution in [0.2, 0.25) is 0 Å². The van der Waals surface area contributed by atoms with Gasteiger partial charge in [-0.05, 0) is 19.8 Å². The summed E-state index contributed by atoms with van der Waals surface area (Å²) < 4.78 is 0. The monoisotopic (exact) mass is 191 g/mol. The number of aliphatic hydroxyl groups is 1. The fraction of sp³-hybridized carbons (Fsp3) is 0.889. The molecule has 1 aliphatic carbocycles. The van der Waals surface area contributed by atoms with Gasteiger partial charge in [-0.1, -0.05) is 19.3 Å². The lowest BCUT2D eigenvalue weighted by Gasteiger charge is -2.16. The van der Waals surface area contributed by atoms with Crippen molar-refractivity contribution >= 4 is 5.97 Å². The van der Waals surface area contributed by atoms with E-state index in [4.69, 9.17) is 10.2 Å². The molecule has 0 atom stereocenters. The van der Waals surface area contributed by atoms with Gasteiger partial charge in [0.05, 0.1) is 5.92 Å². The third kappa shape index (κ3) is 7.74. The van der Waals surface area contributed by atoms with Crippen LogP contribution in [0.3, 0.4) is 0 Å². The number of rotatable bonds is 1. The lowest BCUT2D eigenvalue weighted by atomic mass is 9.90. The molecule has 0 unspecified atom stereocenters. The minimum absolute atomic E-state index is 0. The second kappa shape index (κ2) is 9.48. The molecule has 0 aromatic heterocycles. The van der Waals surface area contributed by atoms with Crippen LogP contribution in [0.15, 0.2) is 0 Å². The predicted octanol–water partition coefficient (Wildman–Crippen LogP) is 1.81. The summed E-state index contributed by atoms with van der Waals surface area (Å²) in [6.07, 6.45) is 5.24. The highest BCUT2D eigenvalue weighted by Crippen LogP contribution is 2.23. The molecule has 0 amide bonds. The van der Waals surface area contributed by atoms with Crippen molar-refractivity contribution in [1.82, 2.24) is 6.15 Å². The first-order chi connectivity index (χ1) is 5.72. The van der Waals surface area contributed by atoms with Crippen LogP contribution in [-0.4, -0.2) is 22.8 Å². The molecule has 0 bridgehead atoms. The van der Waals surface area contributed by atoms with Crippen molar-refractivity contribution in [2.45, 2.75) is 39.0 Å². The van der Waals surface area contributed by atoms with Gasteiger partial charge in [0, 0.05) is 6.61 Å². The maximum atomic E-state index is 10.4. The van der Waals surface area contributed by atoms with Crippen LogP contribution in [0.5, 0.6) is 0 Å². The van der Waals surface area contributed by atoms with Gasteiger partial charge in [0.25, 0.3) is 0 Å². The molecule has 5 N–H and O–H groups in total. The van der Waals surface area contributed by atoms with Gasteiger partial charge < -0.3 is 16.4 Å². The second-order valence-corrected chi connectivity index (χ2v) is 2.99. The summed E-state index contributed by atoms with van der Waals surface area (Å²) in [5.41, 5.74) is 0. The third-order valence-electron chi connectivity index (χ3n) is 1.95. The van der Waals surface area contributed by atoms with Crippen molar-refractivity contribution in [3.8, 4) is 0 Å². The largest absolute Gasteiger partial charge is 0.481 e. The quantitative estimate of drug-likeness (QED) is 0.589. The summed E-state index contributed by atoms with van der Waals surface area (Å²) in [7, 11) is 0. The van der Waals surface area contributed by atoms with Crippen molar-refractivity contribution in [2.75, 3.05) is 6.61 Å². The van der Waals surface area contributed by atoms with E-state index in [9.17, 15) is 4.79 Å². The van der Waals surface area contributed by atoms with Gasteiger partial charge in [-0.25, -0.2) is 0 Å². The highest BCUT2D eigenvalue weighted by molar-refractivity contribution is 5.69. The van der Waals surface area contributed by atoms with Crippen LogP contribution in [0, 0.1) is 5.92 Å². The van der Waals surface area contributed by atoms with E-state index in [1.807, 2.05) is 0 Å². The number of carbonyl (C=O) groups is 1. The van der Waals surface area contributed by atoms with Gasteiger partial charge in [0.1, 0.15) is 0 Å². The predicted molar refractivity (Wildman–Crippen MR) is 52.0 cm³/mol. The lowest BCUT2D eigenvalue weighted by molar-refractivity contribution is -0.142. The summed E-state index contributed by atoms with van der Waals surface area (Å²) in [5.74, 6) is -0.631. The molecule has 4 heteroatoms. The van der Waals surface area contributed by atoms with Gasteiger partial charge in [-0.3, -0.25) is 4.79 Å². The van der Waals surface area contributed by atoms with Gasteiger partial charge in [0.2, 0.25) is 0 Å². The van der Waals surface area contributed by atoms with E-state index in [0.717, 1.165) is 25.7 Å². The first-order valence-corrected chi connectivity index (χ1v) is 4.56. The van der Waals surface area contributed by atoms with Crippen LogP contribution < -0.4 is 6.15 Å². The average Bonchev–Trinajstić information content (AvgIpc) is 2.07. The Bertz CT molecular complexity index is 122. The number of aliphatic carboxylic acids is 1. The smallest absolute Gasteiger partial charge is 0.306 e. The fourth-order valence-corrected chi connectivity index (χ4v) is 1.35. The van der Waals surface area contributed by atoms with Gasteiger partial charge >= 0.3 is 5.97 Å². The zero-order valence-electron chi connectivity index (χ0n) is 8.33. The molecule has 0 aromatic carbocycles. The van der Waals surface area contributed by atoms with Crippen molar-refractivity contribution < 1.29 is 15.0 Å². The number of hydrogen-bond donors (Lipinski definition) is 3. The molecule has 0 saturated heterocycles. The van der Waals surface area contributed by atoms with Crippen molar-refractivity contribution in [1.29, 1.82) is 0 Å². The van der Waals surface area contributed by atoms with Gasteiger partial charge in [0.15, 0.2) is 0 Å². The normalized spacial score (nSPS) is 16.5. The van der Waals surface area contributed by atoms with Crippen LogP contribution in [0.4, 0.5) is 0 Å². The number of carboxylic acids is 1. The van der Waals surface area contributed by atoms with Crippen molar-refractivity contribution in [3.63, 3.8) is 0 Å². The van der Waals surface area contributed by atoms with E-state index < -0.39 is 5.97 Å². The van der Waals surface area contributed by atoms with E-state index >= 15 is 0 Å². The molecule has 0 radical (unpaired) electrons. The summed E-state index contributed by atoms with van der Waals surface area (Å²) in [6, 6.07) is 0. The Labute approximate surface area is 79.5 Å². The van der Waals surface area contributed by atoms with Crippen LogP contribution >= 0.6 is 0 Å². The molecule has 4 nitrogen and oxygen atoms in total. The number of aliphatic hydroxyl groups excluding tert-OH is 1. The van der Waals surface area contributed by atoms with Gasteiger partial charge in [-0.2, -0.15) is 0 Å². The summed E-state index contributed by atoms with van der Waals surface area (Å²) in [4.78, 5) is 10.4. The molecule has 0 spiro atoms. The average molecular weight is 191 g/mol. The van der Waals surface area contributed by atoms with E-state index in [-0.39, 0.29) is 18.7 Å². The topological polar surface area (TPSA) is 92.5 Å². The Morgan fingerprint density at radius 2 is 1.69 bits per heavy atom. The Morgan fingerprint density at radius 1 is 1.31 bits per heavy atom. The van der Waals surface area contributed by atoms with Crippen molar-refractivity contribution in [3.05, 3.63) is 0 Å². The fourth-order valence-electron chi connectivity index (χ4n) is 1.35. The Morgan fingerprint density at radius 3 is 1.92 bits per heavy atom. The highest BCUT2D eigenvalue weighted by Gasteiger charge is 2.19. The van der Waals surface area contributed by atoms with E-state index in [1.54, 1.807) is 6.92 Å². The molecule has 1 rings (SSSR count). The van der Waals surface area contributed by atoms with E-state index in [1.165, 1.54) is 6.42 Å². The maximum Gasteiger partial charge on any atom is 0.306 e. The van der Waals surface area contributed by atoms with Gasteiger partial charge in [-0.15, -0.1) is 0 Å². The molecular formula is C9H21NO3. The zero-order chi connectivity index (χ0) is 9.40. The number of carboxylic acid groups (broad SMARTS) is 1. The molecule has 1 aliphatic rings. The molecule has 13 heavy (non-hydrogen) atoms. The minimum atomic E-state index is -0.602. The Kier molecular flexibility index (Phi) is 10.9. The summed E-state index contributed by atoms with van der Waals surface area (Å²) >= 11 is 0. The number of hydrogen-bond acceptors (Lipinski definition) is 3. The minimum Gasteiger partial charge on any atom is -0.481 e. The third-order valence-corrected chi connectivity index (χ3v) is 1.95. The standard InChI is InChI=1S/C7H12O2.C2H6O.H3N/c8-7(9)6-4-2-1-3-5-6;1-2-3;/h6H,1-5H2,(H,8,9);3H,2H2,1H3;1H3. The molecule has 0 aliphatic heterocycles. The van der Waals surface area contributed by atoms with E-state index in [2.05, 4.69) is 0 Å². The first-order valence-electron chi connectivity index (χ1n) is 4.56.